The molecule has 0 amide bonds. The van der Waals surface area contributed by atoms with E-state index >= 15 is 0 Å². The lowest BCUT2D eigenvalue weighted by atomic mass is 10.3. The van der Waals surface area contributed by atoms with Crippen LogP contribution >= 0.6 is 0 Å². The lowest BCUT2D eigenvalue weighted by molar-refractivity contribution is 0.211. The van der Waals surface area contributed by atoms with E-state index in [-0.39, 0.29) is 0 Å². The van der Waals surface area contributed by atoms with Gasteiger partial charge in [0.05, 0.1) is 14.2 Å². The highest BCUT2D eigenvalue weighted by Crippen LogP contribution is 2.06. The molecular formula is C7H11NO2. The van der Waals surface area contributed by atoms with E-state index in [4.69, 9.17) is 9.47 Å². The average Bonchev–Trinajstić information content (AvgIpc) is 2.05. The van der Waals surface area contributed by atoms with Gasteiger partial charge in [-0.05, 0) is 18.6 Å². The van der Waals surface area contributed by atoms with Gasteiger partial charge in [0, 0.05) is 0 Å². The Morgan fingerprint density at radius 1 is 1.20 bits per heavy atom. The molecule has 10 heavy (non-hydrogen) atoms. The predicted molar refractivity (Wildman–Crippen MR) is 37.9 cm³/mol. The van der Waals surface area contributed by atoms with Crippen molar-refractivity contribution in [2.45, 2.75) is 6.42 Å². The van der Waals surface area contributed by atoms with Crippen molar-refractivity contribution in [3.05, 3.63) is 23.9 Å². The third-order valence-corrected chi connectivity index (χ3v) is 1.29. The fourth-order valence-corrected chi connectivity index (χ4v) is 0.765. The van der Waals surface area contributed by atoms with Gasteiger partial charge in [0.2, 0.25) is 0 Å². The van der Waals surface area contributed by atoms with E-state index in [0.717, 1.165) is 18.2 Å². The molecule has 56 valence electrons. The largest absolute Gasteiger partial charge is 0.482 e. The van der Waals surface area contributed by atoms with Crippen LogP contribution in [0.3, 0.4) is 0 Å². The molecule has 1 rings (SSSR count). The number of rotatable bonds is 2. The fourth-order valence-electron chi connectivity index (χ4n) is 0.765. The van der Waals surface area contributed by atoms with E-state index in [1.54, 1.807) is 14.2 Å². The lowest BCUT2D eigenvalue weighted by Crippen LogP contribution is -2.17. The van der Waals surface area contributed by atoms with Crippen molar-refractivity contribution in [3.63, 3.8) is 0 Å². The summed E-state index contributed by atoms with van der Waals surface area (Å²) < 4.78 is 9.90. The minimum Gasteiger partial charge on any atom is -0.482 e. The monoisotopic (exact) mass is 141 g/mol. The smallest absolute Gasteiger partial charge is 0.189 e. The second-order valence-corrected chi connectivity index (χ2v) is 1.91. The van der Waals surface area contributed by atoms with Crippen molar-refractivity contribution in [2.24, 2.45) is 0 Å². The van der Waals surface area contributed by atoms with Crippen LogP contribution in [0.15, 0.2) is 23.9 Å². The molecule has 0 aliphatic carbocycles. The Kier molecular flexibility index (Phi) is 2.20. The summed E-state index contributed by atoms with van der Waals surface area (Å²) in [6, 6.07) is 0. The van der Waals surface area contributed by atoms with Gasteiger partial charge in [0.25, 0.3) is 0 Å². The molecule has 1 N–H and O–H groups in total. The van der Waals surface area contributed by atoms with E-state index in [1.165, 1.54) is 0 Å². The van der Waals surface area contributed by atoms with E-state index in [0.29, 0.717) is 0 Å². The molecule has 0 aromatic heterocycles. The van der Waals surface area contributed by atoms with Gasteiger partial charge in [-0.3, -0.25) is 5.32 Å². The van der Waals surface area contributed by atoms with Crippen LogP contribution in [0.25, 0.3) is 0 Å². The van der Waals surface area contributed by atoms with Crippen LogP contribution in [0.2, 0.25) is 0 Å². The molecule has 0 aromatic carbocycles. The lowest BCUT2D eigenvalue weighted by Gasteiger charge is -2.14. The van der Waals surface area contributed by atoms with E-state index < -0.39 is 0 Å². The van der Waals surface area contributed by atoms with Gasteiger partial charge in [-0.1, -0.05) is 0 Å². The highest BCUT2D eigenvalue weighted by Gasteiger charge is 2.03. The average molecular weight is 141 g/mol. The van der Waals surface area contributed by atoms with Crippen molar-refractivity contribution < 1.29 is 9.47 Å². The zero-order valence-corrected chi connectivity index (χ0v) is 6.18. The van der Waals surface area contributed by atoms with Crippen molar-refractivity contribution in [1.82, 2.24) is 5.32 Å². The Morgan fingerprint density at radius 3 is 2.10 bits per heavy atom. The SMILES string of the molecule is COC1=CCC=C(OC)N1. The summed E-state index contributed by atoms with van der Waals surface area (Å²) in [6.45, 7) is 0. The molecular weight excluding hydrogens is 130 g/mol. The summed E-state index contributed by atoms with van der Waals surface area (Å²) in [4.78, 5) is 0. The molecule has 0 spiro atoms. The summed E-state index contributed by atoms with van der Waals surface area (Å²) in [5.41, 5.74) is 0. The van der Waals surface area contributed by atoms with Crippen molar-refractivity contribution in [1.29, 1.82) is 0 Å². The topological polar surface area (TPSA) is 30.5 Å². The summed E-state index contributed by atoms with van der Waals surface area (Å²) in [7, 11) is 3.24. The summed E-state index contributed by atoms with van der Waals surface area (Å²) >= 11 is 0. The molecule has 0 atom stereocenters. The first-order valence-corrected chi connectivity index (χ1v) is 3.12. The molecule has 3 nitrogen and oxygen atoms in total. The van der Waals surface area contributed by atoms with Gasteiger partial charge in [0.15, 0.2) is 11.8 Å². The van der Waals surface area contributed by atoms with E-state index in [1.807, 2.05) is 12.2 Å². The molecule has 1 aliphatic heterocycles. The number of nitrogens with one attached hydrogen (secondary N) is 1. The van der Waals surface area contributed by atoms with Crippen molar-refractivity contribution in [2.75, 3.05) is 14.2 Å². The van der Waals surface area contributed by atoms with Gasteiger partial charge in [-0.2, -0.15) is 0 Å². The van der Waals surface area contributed by atoms with Crippen LogP contribution in [0.5, 0.6) is 0 Å². The molecule has 0 radical (unpaired) electrons. The maximum atomic E-state index is 4.95. The van der Waals surface area contributed by atoms with Gasteiger partial charge in [-0.15, -0.1) is 0 Å². The van der Waals surface area contributed by atoms with Gasteiger partial charge in [-0.25, -0.2) is 0 Å². The maximum Gasteiger partial charge on any atom is 0.189 e. The first kappa shape index (κ1) is 6.99. The van der Waals surface area contributed by atoms with Gasteiger partial charge >= 0.3 is 0 Å². The summed E-state index contributed by atoms with van der Waals surface area (Å²) in [5.74, 6) is 1.50. The van der Waals surface area contributed by atoms with Crippen LogP contribution in [-0.2, 0) is 9.47 Å². The minimum absolute atomic E-state index is 0.749. The number of methoxy groups -OCH3 is 2. The highest BCUT2D eigenvalue weighted by molar-refractivity contribution is 5.10. The number of dihydropyridines is 1. The van der Waals surface area contributed by atoms with Crippen LogP contribution < -0.4 is 5.32 Å². The third-order valence-electron chi connectivity index (χ3n) is 1.29. The molecule has 0 saturated carbocycles. The number of ether oxygens (including phenoxy) is 2. The zero-order chi connectivity index (χ0) is 7.40. The second kappa shape index (κ2) is 3.15. The van der Waals surface area contributed by atoms with Crippen LogP contribution in [0.4, 0.5) is 0 Å². The number of hydrogen-bond acceptors (Lipinski definition) is 3. The van der Waals surface area contributed by atoms with Gasteiger partial charge in [0.1, 0.15) is 0 Å². The molecule has 0 unspecified atom stereocenters. The molecule has 1 heterocycles. The Balaban J connectivity index is 2.49. The Bertz CT molecular complexity index is 154. The standard InChI is InChI=1S/C7H11NO2/c1-9-6-4-3-5-7(8-6)10-2/h4-5,8H,3H2,1-2H3. The Morgan fingerprint density at radius 2 is 1.70 bits per heavy atom. The Labute approximate surface area is 60.3 Å². The van der Waals surface area contributed by atoms with Crippen molar-refractivity contribution in [3.8, 4) is 0 Å². The summed E-state index contributed by atoms with van der Waals surface area (Å²) in [6.07, 6.45) is 4.75. The molecule has 1 aliphatic rings. The number of hydrogen-bond donors (Lipinski definition) is 1. The molecule has 0 saturated heterocycles. The quantitative estimate of drug-likeness (QED) is 0.621. The predicted octanol–water partition coefficient (Wildman–Crippen LogP) is 0.955. The third kappa shape index (κ3) is 1.43. The molecule has 0 aromatic rings. The van der Waals surface area contributed by atoms with E-state index in [2.05, 4.69) is 5.32 Å². The van der Waals surface area contributed by atoms with Crippen LogP contribution in [-0.4, -0.2) is 14.2 Å². The fraction of sp³-hybridized carbons (Fsp3) is 0.429. The second-order valence-electron chi connectivity index (χ2n) is 1.91. The Hall–Kier alpha value is -1.12. The zero-order valence-electron chi connectivity index (χ0n) is 6.18. The minimum atomic E-state index is 0.749. The first-order chi connectivity index (χ1) is 4.86. The first-order valence-electron chi connectivity index (χ1n) is 3.12. The van der Waals surface area contributed by atoms with Crippen LogP contribution in [0, 0.1) is 0 Å². The summed E-state index contributed by atoms with van der Waals surface area (Å²) in [5, 5.41) is 2.93. The van der Waals surface area contributed by atoms with E-state index in [9.17, 15) is 0 Å². The highest BCUT2D eigenvalue weighted by atomic mass is 16.5. The number of allylic oxidation sites excluding steroid dienone is 2. The van der Waals surface area contributed by atoms with Gasteiger partial charge < -0.3 is 9.47 Å². The molecule has 0 fully saturated rings. The molecule has 0 bridgehead atoms. The maximum absolute atomic E-state index is 4.95. The molecule has 3 heteroatoms. The normalized spacial score (nSPS) is 16.6. The van der Waals surface area contributed by atoms with Crippen molar-refractivity contribution >= 4 is 0 Å². The van der Waals surface area contributed by atoms with Crippen LogP contribution in [0.1, 0.15) is 6.42 Å².